The van der Waals surface area contributed by atoms with E-state index in [0.717, 1.165) is 18.5 Å². The van der Waals surface area contributed by atoms with Crippen LogP contribution in [0.1, 0.15) is 53.6 Å². The summed E-state index contributed by atoms with van der Waals surface area (Å²) in [6.45, 7) is 0.784. The Morgan fingerprint density at radius 1 is 0.917 bits per heavy atom. The first kappa shape index (κ1) is 16.7. The minimum absolute atomic E-state index is 0.158. The summed E-state index contributed by atoms with van der Waals surface area (Å²) in [6.07, 6.45) is 7.34. The minimum Gasteiger partial charge on any atom is -0.478 e. The Hall–Kier alpha value is -2.13. The Kier molecular flexibility index (Phi) is 5.31. The molecule has 1 fully saturated rings. The molecule has 1 aliphatic carbocycles. The van der Waals surface area contributed by atoms with Crippen molar-refractivity contribution in [2.45, 2.75) is 50.6 Å². The van der Waals surface area contributed by atoms with Gasteiger partial charge in [-0.05, 0) is 42.5 Å². The van der Waals surface area contributed by atoms with Crippen LogP contribution in [0, 0.1) is 0 Å². The Morgan fingerprint density at radius 2 is 1.58 bits per heavy atom. The van der Waals surface area contributed by atoms with Crippen LogP contribution in [0.3, 0.4) is 0 Å². The van der Waals surface area contributed by atoms with Gasteiger partial charge in [0, 0.05) is 12.1 Å². The summed E-state index contributed by atoms with van der Waals surface area (Å²) in [6, 6.07) is 17.9. The summed E-state index contributed by atoms with van der Waals surface area (Å²) < 4.78 is 0. The van der Waals surface area contributed by atoms with Crippen molar-refractivity contribution in [2.75, 3.05) is 0 Å². The van der Waals surface area contributed by atoms with Gasteiger partial charge in [0.1, 0.15) is 0 Å². The molecule has 0 unspecified atom stereocenters. The molecule has 2 aromatic rings. The molecule has 1 saturated carbocycles. The molecule has 3 rings (SSSR count). The van der Waals surface area contributed by atoms with Crippen molar-refractivity contribution in [3.63, 3.8) is 0 Å². The van der Waals surface area contributed by atoms with Crippen molar-refractivity contribution in [3.8, 4) is 0 Å². The van der Waals surface area contributed by atoms with Crippen LogP contribution in [0.5, 0.6) is 0 Å². The van der Waals surface area contributed by atoms with Gasteiger partial charge >= 0.3 is 5.97 Å². The third-order valence-corrected chi connectivity index (χ3v) is 5.06. The van der Waals surface area contributed by atoms with Gasteiger partial charge in [-0.25, -0.2) is 4.79 Å². The second-order valence-corrected chi connectivity index (χ2v) is 6.86. The van der Waals surface area contributed by atoms with Crippen LogP contribution in [0.4, 0.5) is 0 Å². The molecule has 126 valence electrons. The van der Waals surface area contributed by atoms with Gasteiger partial charge in [0.15, 0.2) is 0 Å². The number of carboxylic acid groups (broad SMARTS) is 1. The Balaban J connectivity index is 1.69. The summed E-state index contributed by atoms with van der Waals surface area (Å²) in [5.74, 6) is -0.873. The van der Waals surface area contributed by atoms with Gasteiger partial charge in [0.25, 0.3) is 0 Å². The highest BCUT2D eigenvalue weighted by Gasteiger charge is 2.31. The molecule has 24 heavy (non-hydrogen) atoms. The highest BCUT2D eigenvalue weighted by atomic mass is 16.4. The van der Waals surface area contributed by atoms with Crippen LogP contribution in [-0.2, 0) is 13.0 Å². The molecule has 0 radical (unpaired) electrons. The first-order valence-corrected chi connectivity index (χ1v) is 8.78. The number of carboxylic acids is 1. The number of benzene rings is 2. The predicted octanol–water partition coefficient (Wildman–Crippen LogP) is 4.42. The van der Waals surface area contributed by atoms with E-state index in [1.54, 1.807) is 12.1 Å². The predicted molar refractivity (Wildman–Crippen MR) is 96.2 cm³/mol. The summed E-state index contributed by atoms with van der Waals surface area (Å²) in [5.41, 5.74) is 3.02. The summed E-state index contributed by atoms with van der Waals surface area (Å²) in [4.78, 5) is 11.0. The molecule has 0 bridgehead atoms. The number of hydrogen-bond donors (Lipinski definition) is 2. The van der Waals surface area contributed by atoms with Crippen molar-refractivity contribution in [2.24, 2.45) is 0 Å². The second kappa shape index (κ2) is 7.63. The van der Waals surface area contributed by atoms with Crippen molar-refractivity contribution in [1.29, 1.82) is 0 Å². The number of carbonyl (C=O) groups is 1. The van der Waals surface area contributed by atoms with Crippen LogP contribution in [0.25, 0.3) is 0 Å². The van der Waals surface area contributed by atoms with Crippen molar-refractivity contribution in [3.05, 3.63) is 71.3 Å². The minimum atomic E-state index is -0.873. The molecule has 0 amide bonds. The SMILES string of the molecule is O=C(O)c1ccc(CNC2(Cc3ccccc3)CCCCC2)cc1. The fraction of sp³-hybridized carbons (Fsp3) is 0.381. The first-order valence-electron chi connectivity index (χ1n) is 8.78. The molecule has 3 nitrogen and oxygen atoms in total. The highest BCUT2D eigenvalue weighted by Crippen LogP contribution is 2.31. The third kappa shape index (κ3) is 4.24. The van der Waals surface area contributed by atoms with Gasteiger partial charge in [0.2, 0.25) is 0 Å². The lowest BCUT2D eigenvalue weighted by Gasteiger charge is -2.39. The largest absolute Gasteiger partial charge is 0.478 e. The molecular weight excluding hydrogens is 298 g/mol. The highest BCUT2D eigenvalue weighted by molar-refractivity contribution is 5.87. The van der Waals surface area contributed by atoms with Crippen LogP contribution in [-0.4, -0.2) is 16.6 Å². The smallest absolute Gasteiger partial charge is 0.335 e. The Bertz CT molecular complexity index is 658. The van der Waals surface area contributed by atoms with E-state index < -0.39 is 5.97 Å². The lowest BCUT2D eigenvalue weighted by molar-refractivity contribution is 0.0697. The standard InChI is InChI=1S/C21H25NO2/c23-20(24)19-11-9-18(10-12-19)16-22-21(13-5-2-6-14-21)15-17-7-3-1-4-8-17/h1,3-4,7-12,22H,2,5-6,13-16H2,(H,23,24). The lowest BCUT2D eigenvalue weighted by atomic mass is 9.77. The topological polar surface area (TPSA) is 49.3 Å². The number of nitrogens with one attached hydrogen (secondary N) is 1. The van der Waals surface area contributed by atoms with Gasteiger partial charge in [-0.2, -0.15) is 0 Å². The molecular formula is C21H25NO2. The molecule has 0 heterocycles. The average Bonchev–Trinajstić information content (AvgIpc) is 2.62. The summed E-state index contributed by atoms with van der Waals surface area (Å²) in [7, 11) is 0. The van der Waals surface area contributed by atoms with E-state index in [-0.39, 0.29) is 5.54 Å². The quantitative estimate of drug-likeness (QED) is 0.827. The van der Waals surface area contributed by atoms with Crippen LogP contribution in [0.2, 0.25) is 0 Å². The van der Waals surface area contributed by atoms with Crippen molar-refractivity contribution in [1.82, 2.24) is 5.32 Å². The van der Waals surface area contributed by atoms with E-state index >= 15 is 0 Å². The number of hydrogen-bond acceptors (Lipinski definition) is 2. The maximum Gasteiger partial charge on any atom is 0.335 e. The van der Waals surface area contributed by atoms with Gasteiger partial charge in [-0.15, -0.1) is 0 Å². The molecule has 0 aliphatic heterocycles. The maximum absolute atomic E-state index is 11.0. The van der Waals surface area contributed by atoms with Gasteiger partial charge < -0.3 is 10.4 Å². The van der Waals surface area contributed by atoms with Crippen molar-refractivity contribution < 1.29 is 9.90 Å². The monoisotopic (exact) mass is 323 g/mol. The number of rotatable bonds is 6. The fourth-order valence-corrected chi connectivity index (χ4v) is 3.69. The van der Waals surface area contributed by atoms with E-state index in [2.05, 4.69) is 35.6 Å². The summed E-state index contributed by atoms with van der Waals surface area (Å²) >= 11 is 0. The van der Waals surface area contributed by atoms with E-state index in [0.29, 0.717) is 5.56 Å². The van der Waals surface area contributed by atoms with Gasteiger partial charge in [-0.1, -0.05) is 61.7 Å². The van der Waals surface area contributed by atoms with Crippen LogP contribution in [0.15, 0.2) is 54.6 Å². The Morgan fingerprint density at radius 3 is 2.21 bits per heavy atom. The summed E-state index contributed by atoms with van der Waals surface area (Å²) in [5, 5.41) is 12.8. The average molecular weight is 323 g/mol. The zero-order valence-electron chi connectivity index (χ0n) is 14.0. The molecule has 0 atom stereocenters. The maximum atomic E-state index is 11.0. The van der Waals surface area contributed by atoms with Crippen LogP contribution < -0.4 is 5.32 Å². The van der Waals surface area contributed by atoms with Crippen molar-refractivity contribution >= 4 is 5.97 Å². The number of aromatic carboxylic acids is 1. The van der Waals surface area contributed by atoms with Gasteiger partial charge in [-0.3, -0.25) is 0 Å². The van der Waals surface area contributed by atoms with Crippen LogP contribution >= 0.6 is 0 Å². The third-order valence-electron chi connectivity index (χ3n) is 5.06. The molecule has 3 heteroatoms. The molecule has 0 aromatic heterocycles. The normalized spacial score (nSPS) is 16.7. The lowest BCUT2D eigenvalue weighted by Crippen LogP contribution is -2.48. The van der Waals surface area contributed by atoms with E-state index in [1.165, 1.54) is 37.7 Å². The molecule has 0 saturated heterocycles. The molecule has 2 aromatic carbocycles. The van der Waals surface area contributed by atoms with Gasteiger partial charge in [0.05, 0.1) is 5.56 Å². The second-order valence-electron chi connectivity index (χ2n) is 6.86. The first-order chi connectivity index (χ1) is 11.7. The van der Waals surface area contributed by atoms with E-state index in [4.69, 9.17) is 5.11 Å². The van der Waals surface area contributed by atoms with E-state index in [1.807, 2.05) is 12.1 Å². The molecule has 0 spiro atoms. The van der Waals surface area contributed by atoms with E-state index in [9.17, 15) is 4.79 Å². The zero-order chi connectivity index (χ0) is 16.8. The molecule has 2 N–H and O–H groups in total. The Labute approximate surface area is 143 Å². The molecule has 1 aliphatic rings. The fourth-order valence-electron chi connectivity index (χ4n) is 3.69. The zero-order valence-corrected chi connectivity index (χ0v) is 14.0.